The number of hydrogen-bond acceptors (Lipinski definition) is 4. The topological polar surface area (TPSA) is 64.9 Å². The van der Waals surface area contributed by atoms with Crippen molar-refractivity contribution in [2.45, 2.75) is 52.4 Å². The first-order valence-corrected chi connectivity index (χ1v) is 7.65. The average Bonchev–Trinajstić information content (AvgIpc) is 2.91. The van der Waals surface area contributed by atoms with Crippen molar-refractivity contribution in [3.8, 4) is 11.5 Å². The molecule has 0 bridgehead atoms. The normalized spacial score (nSPS) is 18.8. The van der Waals surface area contributed by atoms with Gasteiger partial charge in [-0.15, -0.1) is 0 Å². The van der Waals surface area contributed by atoms with Crippen LogP contribution in [0.3, 0.4) is 0 Å². The maximum absolute atomic E-state index is 6.11. The zero-order valence-corrected chi connectivity index (χ0v) is 13.0. The largest absolute Gasteiger partial charge is 0.398 e. The average molecular weight is 285 g/mol. The summed E-state index contributed by atoms with van der Waals surface area (Å²) in [5.41, 5.74) is 9.15. The Labute approximate surface area is 125 Å². The highest BCUT2D eigenvalue weighted by molar-refractivity contribution is 5.73. The van der Waals surface area contributed by atoms with Crippen molar-refractivity contribution in [1.29, 1.82) is 0 Å². The first-order chi connectivity index (χ1) is 9.96. The maximum Gasteiger partial charge on any atom is 0.260 e. The van der Waals surface area contributed by atoms with Crippen LogP contribution in [0, 0.1) is 12.3 Å². The molecule has 1 fully saturated rings. The van der Waals surface area contributed by atoms with E-state index in [0.717, 1.165) is 35.5 Å². The van der Waals surface area contributed by atoms with Gasteiger partial charge in [-0.1, -0.05) is 31.1 Å². The van der Waals surface area contributed by atoms with Crippen LogP contribution in [0.15, 0.2) is 22.7 Å². The van der Waals surface area contributed by atoms with E-state index in [4.69, 9.17) is 10.3 Å². The van der Waals surface area contributed by atoms with Crippen molar-refractivity contribution in [2.24, 2.45) is 5.41 Å². The molecule has 2 N–H and O–H groups in total. The van der Waals surface area contributed by atoms with Crippen molar-refractivity contribution in [2.75, 3.05) is 5.73 Å². The van der Waals surface area contributed by atoms with Crippen LogP contribution < -0.4 is 5.73 Å². The van der Waals surface area contributed by atoms with Gasteiger partial charge in [0.1, 0.15) is 0 Å². The van der Waals surface area contributed by atoms with Gasteiger partial charge in [-0.25, -0.2) is 0 Å². The fourth-order valence-corrected chi connectivity index (χ4v) is 3.03. The molecular weight excluding hydrogens is 262 g/mol. The molecule has 0 spiro atoms. The third kappa shape index (κ3) is 2.80. The smallest absolute Gasteiger partial charge is 0.260 e. The summed E-state index contributed by atoms with van der Waals surface area (Å²) in [5.74, 6) is 1.79. The lowest BCUT2D eigenvalue weighted by Gasteiger charge is -2.32. The Morgan fingerprint density at radius 2 is 1.95 bits per heavy atom. The minimum absolute atomic E-state index is 0.418. The van der Waals surface area contributed by atoms with E-state index < -0.39 is 0 Å². The van der Waals surface area contributed by atoms with E-state index in [-0.39, 0.29) is 0 Å². The van der Waals surface area contributed by atoms with Crippen molar-refractivity contribution >= 4 is 5.69 Å². The van der Waals surface area contributed by atoms with Crippen LogP contribution in [0.5, 0.6) is 0 Å². The van der Waals surface area contributed by atoms with E-state index >= 15 is 0 Å². The SMILES string of the molecule is Cc1cccc(-c2nc(C3CCC(C)(C)CC3)no2)c1N. The van der Waals surface area contributed by atoms with Crippen LogP contribution >= 0.6 is 0 Å². The second-order valence-electron chi connectivity index (χ2n) is 6.93. The second kappa shape index (κ2) is 5.17. The van der Waals surface area contributed by atoms with Crippen molar-refractivity contribution in [1.82, 2.24) is 10.1 Å². The Bertz CT molecular complexity index is 635. The van der Waals surface area contributed by atoms with E-state index in [9.17, 15) is 0 Å². The quantitative estimate of drug-likeness (QED) is 0.835. The van der Waals surface area contributed by atoms with Crippen molar-refractivity contribution in [3.63, 3.8) is 0 Å². The number of anilines is 1. The van der Waals surface area contributed by atoms with Gasteiger partial charge >= 0.3 is 0 Å². The summed E-state index contributed by atoms with van der Waals surface area (Å²) in [4.78, 5) is 4.60. The molecule has 2 aromatic rings. The van der Waals surface area contributed by atoms with Crippen LogP contribution in [0.25, 0.3) is 11.5 Å². The fraction of sp³-hybridized carbons (Fsp3) is 0.529. The summed E-state index contributed by atoms with van der Waals surface area (Å²) in [6.45, 7) is 6.65. The molecule has 0 atom stereocenters. The zero-order valence-electron chi connectivity index (χ0n) is 13.0. The van der Waals surface area contributed by atoms with E-state index in [2.05, 4.69) is 24.0 Å². The standard InChI is InChI=1S/C17H23N3O/c1-11-5-4-6-13(14(11)18)16-19-15(20-21-16)12-7-9-17(2,3)10-8-12/h4-6,12H,7-10,18H2,1-3H3. The van der Waals surface area contributed by atoms with Crippen molar-refractivity contribution < 1.29 is 4.52 Å². The number of para-hydroxylation sites is 1. The first kappa shape index (κ1) is 14.1. The maximum atomic E-state index is 6.11. The van der Waals surface area contributed by atoms with Crippen molar-refractivity contribution in [3.05, 3.63) is 29.6 Å². The summed E-state index contributed by atoms with van der Waals surface area (Å²) in [6, 6.07) is 5.89. The Morgan fingerprint density at radius 1 is 1.24 bits per heavy atom. The number of hydrogen-bond donors (Lipinski definition) is 1. The number of aromatic nitrogens is 2. The van der Waals surface area contributed by atoms with Gasteiger partial charge in [0.15, 0.2) is 5.82 Å². The molecule has 112 valence electrons. The molecule has 21 heavy (non-hydrogen) atoms. The minimum Gasteiger partial charge on any atom is -0.398 e. The number of rotatable bonds is 2. The van der Waals surface area contributed by atoms with Crippen LogP contribution in [-0.2, 0) is 0 Å². The highest BCUT2D eigenvalue weighted by atomic mass is 16.5. The summed E-state index contributed by atoms with van der Waals surface area (Å²) in [7, 11) is 0. The fourth-order valence-electron chi connectivity index (χ4n) is 3.03. The Balaban J connectivity index is 1.82. The second-order valence-corrected chi connectivity index (χ2v) is 6.93. The van der Waals surface area contributed by atoms with Gasteiger partial charge in [-0.3, -0.25) is 0 Å². The van der Waals surface area contributed by atoms with E-state index in [1.165, 1.54) is 12.8 Å². The molecule has 4 heteroatoms. The summed E-state index contributed by atoms with van der Waals surface area (Å²) in [6.07, 6.45) is 4.70. The van der Waals surface area contributed by atoms with Gasteiger partial charge in [-0.2, -0.15) is 4.98 Å². The number of nitrogens with zero attached hydrogens (tertiary/aromatic N) is 2. The predicted octanol–water partition coefficient (Wildman–Crippen LogP) is 4.31. The highest BCUT2D eigenvalue weighted by Gasteiger charge is 2.30. The lowest BCUT2D eigenvalue weighted by Crippen LogP contribution is -2.20. The number of aryl methyl sites for hydroxylation is 1. The zero-order chi connectivity index (χ0) is 15.0. The predicted molar refractivity (Wildman–Crippen MR) is 83.9 cm³/mol. The molecule has 1 aromatic heterocycles. The lowest BCUT2D eigenvalue weighted by atomic mass is 9.73. The molecule has 1 heterocycles. The van der Waals surface area contributed by atoms with E-state index in [0.29, 0.717) is 17.2 Å². The van der Waals surface area contributed by atoms with Gasteiger partial charge in [0.05, 0.1) is 5.56 Å². The molecule has 0 aliphatic heterocycles. The Kier molecular flexibility index (Phi) is 3.47. The molecule has 1 aromatic carbocycles. The molecular formula is C17H23N3O. The van der Waals surface area contributed by atoms with Gasteiger partial charge < -0.3 is 10.3 Å². The molecule has 0 amide bonds. The molecule has 1 aliphatic carbocycles. The van der Waals surface area contributed by atoms with Crippen LogP contribution in [0.2, 0.25) is 0 Å². The van der Waals surface area contributed by atoms with Gasteiger partial charge in [0.25, 0.3) is 5.89 Å². The number of nitrogens with two attached hydrogens (primary N) is 1. The molecule has 3 rings (SSSR count). The van der Waals surface area contributed by atoms with E-state index in [1.54, 1.807) is 0 Å². The van der Waals surface area contributed by atoms with Crippen LogP contribution in [-0.4, -0.2) is 10.1 Å². The summed E-state index contributed by atoms with van der Waals surface area (Å²) in [5, 5.41) is 4.19. The molecule has 1 aliphatic rings. The number of nitrogen functional groups attached to an aromatic ring is 1. The summed E-state index contributed by atoms with van der Waals surface area (Å²) >= 11 is 0. The minimum atomic E-state index is 0.418. The first-order valence-electron chi connectivity index (χ1n) is 7.65. The third-order valence-corrected chi connectivity index (χ3v) is 4.70. The van der Waals surface area contributed by atoms with Gasteiger partial charge in [0, 0.05) is 11.6 Å². The number of benzene rings is 1. The van der Waals surface area contributed by atoms with Gasteiger partial charge in [-0.05, 0) is 49.7 Å². The van der Waals surface area contributed by atoms with E-state index in [1.807, 2.05) is 25.1 Å². The van der Waals surface area contributed by atoms with Crippen LogP contribution in [0.4, 0.5) is 5.69 Å². The van der Waals surface area contributed by atoms with Crippen LogP contribution in [0.1, 0.15) is 56.8 Å². The molecule has 4 nitrogen and oxygen atoms in total. The van der Waals surface area contributed by atoms with Gasteiger partial charge in [0.2, 0.25) is 0 Å². The highest BCUT2D eigenvalue weighted by Crippen LogP contribution is 2.42. The Hall–Kier alpha value is -1.84. The molecule has 0 unspecified atom stereocenters. The summed E-state index contributed by atoms with van der Waals surface area (Å²) < 4.78 is 5.45. The Morgan fingerprint density at radius 3 is 2.67 bits per heavy atom. The molecule has 0 saturated heterocycles. The third-order valence-electron chi connectivity index (χ3n) is 4.70. The molecule has 0 radical (unpaired) electrons. The molecule has 1 saturated carbocycles. The monoisotopic (exact) mass is 285 g/mol. The lowest BCUT2D eigenvalue weighted by molar-refractivity contribution is 0.218.